The summed E-state index contributed by atoms with van der Waals surface area (Å²) in [6.45, 7) is 6.55. The first-order valence-corrected chi connectivity index (χ1v) is 34.6. The molecule has 0 radical (unpaired) electrons. The second-order valence-corrected chi connectivity index (χ2v) is 23.1. The monoisotopic (exact) mass is 1110 g/mol. The van der Waals surface area contributed by atoms with Crippen LogP contribution in [0, 0.1) is 0 Å². The van der Waals surface area contributed by atoms with Crippen molar-refractivity contribution in [1.82, 2.24) is 0 Å². The molecular formula is C74H130O6. The van der Waals surface area contributed by atoms with Gasteiger partial charge in [0.15, 0.2) is 6.10 Å². The van der Waals surface area contributed by atoms with E-state index in [1.807, 2.05) is 0 Å². The highest BCUT2D eigenvalue weighted by molar-refractivity contribution is 5.71. The van der Waals surface area contributed by atoms with E-state index in [1.165, 1.54) is 193 Å². The third-order valence-corrected chi connectivity index (χ3v) is 15.1. The first-order valence-electron chi connectivity index (χ1n) is 34.6. The maximum Gasteiger partial charge on any atom is 0.306 e. The number of esters is 3. The molecule has 0 rings (SSSR count). The van der Waals surface area contributed by atoms with Gasteiger partial charge in [-0.25, -0.2) is 0 Å². The van der Waals surface area contributed by atoms with Gasteiger partial charge in [-0.3, -0.25) is 14.4 Å². The van der Waals surface area contributed by atoms with E-state index < -0.39 is 6.10 Å². The molecule has 0 aliphatic heterocycles. The van der Waals surface area contributed by atoms with Crippen LogP contribution in [-0.2, 0) is 28.6 Å². The van der Waals surface area contributed by atoms with Gasteiger partial charge in [-0.15, -0.1) is 0 Å². The summed E-state index contributed by atoms with van der Waals surface area (Å²) in [5.41, 5.74) is 0. The summed E-state index contributed by atoms with van der Waals surface area (Å²) in [6.07, 6.45) is 90.3. The second kappa shape index (κ2) is 68.1. The summed E-state index contributed by atoms with van der Waals surface area (Å²) in [6, 6.07) is 0. The van der Waals surface area contributed by atoms with E-state index in [9.17, 15) is 14.4 Å². The highest BCUT2D eigenvalue weighted by Crippen LogP contribution is 2.17. The molecule has 0 aliphatic carbocycles. The van der Waals surface area contributed by atoms with Gasteiger partial charge in [0, 0.05) is 19.3 Å². The molecule has 0 aromatic rings. The summed E-state index contributed by atoms with van der Waals surface area (Å²) in [4.78, 5) is 38.4. The van der Waals surface area contributed by atoms with Crippen molar-refractivity contribution in [3.05, 3.63) is 85.1 Å². The van der Waals surface area contributed by atoms with E-state index in [1.54, 1.807) is 0 Å². The van der Waals surface area contributed by atoms with Crippen LogP contribution >= 0.6 is 0 Å². The minimum Gasteiger partial charge on any atom is -0.462 e. The average molecular weight is 1120 g/mol. The molecule has 6 nitrogen and oxygen atoms in total. The molecule has 0 amide bonds. The van der Waals surface area contributed by atoms with Crippen molar-refractivity contribution in [1.29, 1.82) is 0 Å². The number of hydrogen-bond donors (Lipinski definition) is 0. The Labute approximate surface area is 496 Å². The zero-order valence-corrected chi connectivity index (χ0v) is 53.1. The van der Waals surface area contributed by atoms with Gasteiger partial charge in [-0.1, -0.05) is 318 Å². The molecule has 0 saturated heterocycles. The highest BCUT2D eigenvalue weighted by atomic mass is 16.6. The fourth-order valence-electron chi connectivity index (χ4n) is 9.97. The Balaban J connectivity index is 4.36. The molecule has 0 heterocycles. The summed E-state index contributed by atoms with van der Waals surface area (Å²) in [5.74, 6) is -0.886. The molecule has 1 unspecified atom stereocenters. The smallest absolute Gasteiger partial charge is 0.306 e. The molecule has 80 heavy (non-hydrogen) atoms. The van der Waals surface area contributed by atoms with E-state index in [4.69, 9.17) is 14.2 Å². The number of ether oxygens (including phenoxy) is 3. The van der Waals surface area contributed by atoms with Gasteiger partial charge >= 0.3 is 17.9 Å². The summed E-state index contributed by atoms with van der Waals surface area (Å²) in [7, 11) is 0. The van der Waals surface area contributed by atoms with Crippen molar-refractivity contribution in [2.24, 2.45) is 0 Å². The standard InChI is InChI=1S/C74H130O6/c1-4-7-10-13-16-19-22-25-28-30-32-34-36-37-38-40-41-43-46-49-52-55-58-61-64-67-73(76)79-70-71(69-78-72(75)66-63-60-57-54-51-48-45-27-24-21-18-15-12-9-6-3)80-74(77)68-65-62-59-56-53-50-47-44-42-39-35-33-31-29-26-23-20-17-14-11-8-5-2/h7,10,16,19,25,27-28,32,34,37-38,41,43,45,71H,4-6,8-9,11-15,17-18,20-24,26,29-31,33,35-36,39-40,42,44,46-70H2,1-3H3/b10-7-,19-16-,28-25-,34-32-,38-37-,43-41-,45-27-. The minimum absolute atomic E-state index is 0.0825. The van der Waals surface area contributed by atoms with Gasteiger partial charge in [0.1, 0.15) is 13.2 Å². The van der Waals surface area contributed by atoms with Gasteiger partial charge in [0.25, 0.3) is 0 Å². The zero-order valence-electron chi connectivity index (χ0n) is 53.1. The number of carbonyl (C=O) groups is 3. The van der Waals surface area contributed by atoms with Crippen molar-refractivity contribution >= 4 is 17.9 Å². The number of hydrogen-bond acceptors (Lipinski definition) is 6. The van der Waals surface area contributed by atoms with Gasteiger partial charge in [0.05, 0.1) is 0 Å². The van der Waals surface area contributed by atoms with Crippen molar-refractivity contribution < 1.29 is 28.6 Å². The van der Waals surface area contributed by atoms with E-state index >= 15 is 0 Å². The Kier molecular flexibility index (Phi) is 65.2. The van der Waals surface area contributed by atoms with Crippen molar-refractivity contribution in [2.45, 2.75) is 354 Å². The molecule has 0 spiro atoms. The van der Waals surface area contributed by atoms with Crippen LogP contribution in [0.1, 0.15) is 348 Å². The molecule has 0 aromatic carbocycles. The number of allylic oxidation sites excluding steroid dienone is 14. The van der Waals surface area contributed by atoms with Crippen molar-refractivity contribution in [3.63, 3.8) is 0 Å². The topological polar surface area (TPSA) is 78.9 Å². The van der Waals surface area contributed by atoms with Crippen LogP contribution in [0.2, 0.25) is 0 Å². The SMILES string of the molecule is CC/C=C\C/C=C\C/C=C\C/C=C\C/C=C\C/C=C\CCCCCCCCC(=O)OCC(COC(=O)CCCCCCC/C=C\CCCCCCCC)OC(=O)CCCCCCCCCCCCCCCCCCCCCCCC. The van der Waals surface area contributed by atoms with Crippen LogP contribution in [0.3, 0.4) is 0 Å². The Morgan fingerprint density at radius 3 is 0.775 bits per heavy atom. The molecular weight excluding hydrogens is 985 g/mol. The largest absolute Gasteiger partial charge is 0.462 e. The van der Waals surface area contributed by atoms with E-state index in [0.717, 1.165) is 116 Å². The molecule has 0 bridgehead atoms. The fraction of sp³-hybridized carbons (Fsp3) is 0.770. The maximum absolute atomic E-state index is 13.0. The van der Waals surface area contributed by atoms with Crippen LogP contribution in [0.4, 0.5) is 0 Å². The molecule has 462 valence electrons. The molecule has 0 aromatic heterocycles. The predicted octanol–water partition coefficient (Wildman–Crippen LogP) is 23.8. The lowest BCUT2D eigenvalue weighted by Crippen LogP contribution is -2.30. The third-order valence-electron chi connectivity index (χ3n) is 15.1. The van der Waals surface area contributed by atoms with Crippen molar-refractivity contribution in [2.75, 3.05) is 13.2 Å². The highest BCUT2D eigenvalue weighted by Gasteiger charge is 2.19. The van der Waals surface area contributed by atoms with Gasteiger partial charge in [-0.05, 0) is 96.3 Å². The maximum atomic E-state index is 13.0. The predicted molar refractivity (Wildman–Crippen MR) is 348 cm³/mol. The van der Waals surface area contributed by atoms with Crippen LogP contribution < -0.4 is 0 Å². The number of unbranched alkanes of at least 4 members (excludes halogenated alkanes) is 38. The molecule has 0 fully saturated rings. The average Bonchev–Trinajstić information content (AvgIpc) is 3.46. The van der Waals surface area contributed by atoms with Crippen LogP contribution in [0.25, 0.3) is 0 Å². The Hall–Kier alpha value is -3.41. The van der Waals surface area contributed by atoms with Gasteiger partial charge in [0.2, 0.25) is 0 Å². The second-order valence-electron chi connectivity index (χ2n) is 23.1. The normalized spacial score (nSPS) is 12.6. The molecule has 0 saturated carbocycles. The third kappa shape index (κ3) is 65.4. The summed E-state index contributed by atoms with van der Waals surface area (Å²) in [5, 5.41) is 0. The van der Waals surface area contributed by atoms with Gasteiger partial charge in [-0.2, -0.15) is 0 Å². The van der Waals surface area contributed by atoms with Crippen LogP contribution in [0.15, 0.2) is 85.1 Å². The van der Waals surface area contributed by atoms with Crippen LogP contribution in [-0.4, -0.2) is 37.2 Å². The first kappa shape index (κ1) is 76.6. The number of carbonyl (C=O) groups excluding carboxylic acids is 3. The molecule has 6 heteroatoms. The van der Waals surface area contributed by atoms with Crippen molar-refractivity contribution in [3.8, 4) is 0 Å². The minimum atomic E-state index is -0.787. The summed E-state index contributed by atoms with van der Waals surface area (Å²) >= 11 is 0. The lowest BCUT2D eigenvalue weighted by molar-refractivity contribution is -0.167. The van der Waals surface area contributed by atoms with Gasteiger partial charge < -0.3 is 14.2 Å². The Morgan fingerprint density at radius 2 is 0.487 bits per heavy atom. The van der Waals surface area contributed by atoms with E-state index in [2.05, 4.69) is 106 Å². The molecule has 0 aliphatic rings. The summed E-state index contributed by atoms with van der Waals surface area (Å²) < 4.78 is 17.0. The zero-order chi connectivity index (χ0) is 57.8. The van der Waals surface area contributed by atoms with Crippen LogP contribution in [0.5, 0.6) is 0 Å². The number of rotatable bonds is 63. The lowest BCUT2D eigenvalue weighted by Gasteiger charge is -2.18. The lowest BCUT2D eigenvalue weighted by atomic mass is 10.0. The Morgan fingerprint density at radius 1 is 0.263 bits per heavy atom. The Bertz CT molecular complexity index is 1520. The molecule has 1 atom stereocenters. The fourth-order valence-corrected chi connectivity index (χ4v) is 9.97. The van der Waals surface area contributed by atoms with E-state index in [0.29, 0.717) is 19.3 Å². The first-order chi connectivity index (χ1) is 39.5. The quantitative estimate of drug-likeness (QED) is 0.0261. The van der Waals surface area contributed by atoms with E-state index in [-0.39, 0.29) is 31.1 Å². The molecule has 0 N–H and O–H groups in total.